The van der Waals surface area contributed by atoms with E-state index in [1.165, 1.54) is 7.11 Å². The summed E-state index contributed by atoms with van der Waals surface area (Å²) in [6, 6.07) is 6.48. The molecule has 1 atom stereocenters. The molecule has 18 heavy (non-hydrogen) atoms. The van der Waals surface area contributed by atoms with Gasteiger partial charge in [0.05, 0.1) is 23.4 Å². The largest absolute Gasteiger partial charge is 0.389 e. The Labute approximate surface area is 108 Å². The van der Waals surface area contributed by atoms with E-state index in [4.69, 9.17) is 4.74 Å². The number of benzene rings is 1. The zero-order valence-corrected chi connectivity index (χ0v) is 11.4. The minimum atomic E-state index is -3.15. The van der Waals surface area contributed by atoms with Gasteiger partial charge in [0, 0.05) is 19.3 Å². The molecular formula is C12H19NO4S. The number of sulfone groups is 1. The third kappa shape index (κ3) is 4.29. The lowest BCUT2D eigenvalue weighted by atomic mass is 10.3. The molecule has 2 N–H and O–H groups in total. The molecule has 1 rings (SSSR count). The number of ether oxygens (including phenoxy) is 1. The zero-order valence-electron chi connectivity index (χ0n) is 10.6. The van der Waals surface area contributed by atoms with E-state index >= 15 is 0 Å². The number of anilines is 1. The molecule has 0 spiro atoms. The molecule has 1 aromatic rings. The first kappa shape index (κ1) is 14.9. The lowest BCUT2D eigenvalue weighted by molar-refractivity contribution is 0.0727. The quantitative estimate of drug-likeness (QED) is 0.772. The monoisotopic (exact) mass is 273 g/mol. The van der Waals surface area contributed by atoms with Crippen LogP contribution in [0.1, 0.15) is 6.92 Å². The molecule has 0 bridgehead atoms. The van der Waals surface area contributed by atoms with Crippen LogP contribution in [-0.2, 0) is 14.6 Å². The highest BCUT2D eigenvalue weighted by atomic mass is 32.2. The summed E-state index contributed by atoms with van der Waals surface area (Å²) in [6.45, 7) is 2.23. The fourth-order valence-electron chi connectivity index (χ4n) is 1.43. The second-order valence-electron chi connectivity index (χ2n) is 3.92. The molecular weight excluding hydrogens is 254 g/mol. The summed E-state index contributed by atoms with van der Waals surface area (Å²) in [6.07, 6.45) is -0.589. The van der Waals surface area contributed by atoms with E-state index in [2.05, 4.69) is 5.32 Å². The number of aliphatic hydroxyl groups excluding tert-OH is 1. The fourth-order valence-corrected chi connectivity index (χ4v) is 2.32. The van der Waals surface area contributed by atoms with Crippen molar-refractivity contribution >= 4 is 15.5 Å². The maximum absolute atomic E-state index is 11.6. The topological polar surface area (TPSA) is 75.6 Å². The Balaban J connectivity index is 2.61. The molecule has 0 heterocycles. The summed E-state index contributed by atoms with van der Waals surface area (Å²) >= 11 is 0. The van der Waals surface area contributed by atoms with Crippen molar-refractivity contribution in [1.82, 2.24) is 0 Å². The average molecular weight is 273 g/mol. The van der Waals surface area contributed by atoms with Crippen LogP contribution in [0.4, 0.5) is 5.69 Å². The van der Waals surface area contributed by atoms with Crippen molar-refractivity contribution in [2.45, 2.75) is 17.9 Å². The Morgan fingerprint density at radius 3 is 2.44 bits per heavy atom. The van der Waals surface area contributed by atoms with E-state index in [1.54, 1.807) is 31.2 Å². The summed E-state index contributed by atoms with van der Waals surface area (Å²) < 4.78 is 28.0. The number of rotatable bonds is 7. The molecule has 0 radical (unpaired) electrons. The molecule has 1 unspecified atom stereocenters. The lowest BCUT2D eigenvalue weighted by Gasteiger charge is -2.12. The van der Waals surface area contributed by atoms with Gasteiger partial charge in [0.2, 0.25) is 0 Å². The van der Waals surface area contributed by atoms with Gasteiger partial charge in [0.15, 0.2) is 9.84 Å². The van der Waals surface area contributed by atoms with Gasteiger partial charge in [0.1, 0.15) is 0 Å². The number of methoxy groups -OCH3 is 1. The molecule has 102 valence electrons. The third-order valence-electron chi connectivity index (χ3n) is 2.49. The Bertz CT molecular complexity index is 455. The fraction of sp³-hybridized carbons (Fsp3) is 0.500. The van der Waals surface area contributed by atoms with Crippen molar-refractivity contribution in [2.24, 2.45) is 0 Å². The summed E-state index contributed by atoms with van der Waals surface area (Å²) in [5, 5.41) is 12.5. The molecule has 0 aliphatic heterocycles. The van der Waals surface area contributed by atoms with E-state index < -0.39 is 15.9 Å². The van der Waals surface area contributed by atoms with Crippen molar-refractivity contribution in [2.75, 3.05) is 31.3 Å². The first-order chi connectivity index (χ1) is 8.49. The van der Waals surface area contributed by atoms with Crippen LogP contribution in [0.5, 0.6) is 0 Å². The number of hydrogen-bond donors (Lipinski definition) is 2. The zero-order chi connectivity index (χ0) is 13.6. The molecule has 0 saturated carbocycles. The van der Waals surface area contributed by atoms with Gasteiger partial charge in [-0.1, -0.05) is 6.92 Å². The first-order valence-electron chi connectivity index (χ1n) is 5.73. The summed E-state index contributed by atoms with van der Waals surface area (Å²) in [5.74, 6) is 0.0896. The van der Waals surface area contributed by atoms with Crippen LogP contribution >= 0.6 is 0 Å². The molecule has 1 aromatic carbocycles. The van der Waals surface area contributed by atoms with Crippen molar-refractivity contribution in [3.8, 4) is 0 Å². The highest BCUT2D eigenvalue weighted by molar-refractivity contribution is 7.91. The van der Waals surface area contributed by atoms with Gasteiger partial charge < -0.3 is 15.2 Å². The van der Waals surface area contributed by atoms with Gasteiger partial charge in [-0.3, -0.25) is 0 Å². The van der Waals surface area contributed by atoms with Crippen molar-refractivity contribution < 1.29 is 18.3 Å². The minimum absolute atomic E-state index is 0.0896. The van der Waals surface area contributed by atoms with Crippen LogP contribution in [0.15, 0.2) is 29.2 Å². The van der Waals surface area contributed by atoms with Crippen LogP contribution in [0.25, 0.3) is 0 Å². The standard InChI is InChI=1S/C12H19NO4S/c1-3-18(15,16)12-6-4-10(5-7-12)13-8-11(14)9-17-2/h4-7,11,13-14H,3,8-9H2,1-2H3. The van der Waals surface area contributed by atoms with E-state index in [9.17, 15) is 13.5 Å². The molecule has 0 fully saturated rings. The second kappa shape index (κ2) is 6.72. The predicted molar refractivity (Wildman–Crippen MR) is 70.5 cm³/mol. The molecule has 0 aliphatic rings. The van der Waals surface area contributed by atoms with Gasteiger partial charge in [-0.15, -0.1) is 0 Å². The maximum atomic E-state index is 11.6. The van der Waals surface area contributed by atoms with Gasteiger partial charge in [-0.2, -0.15) is 0 Å². The van der Waals surface area contributed by atoms with Crippen molar-refractivity contribution in [3.05, 3.63) is 24.3 Å². The van der Waals surface area contributed by atoms with Crippen molar-refractivity contribution in [3.63, 3.8) is 0 Å². The SMILES string of the molecule is CCS(=O)(=O)c1ccc(NCC(O)COC)cc1. The summed E-state index contributed by atoms with van der Waals surface area (Å²) in [7, 11) is -1.63. The first-order valence-corrected chi connectivity index (χ1v) is 7.38. The normalized spacial score (nSPS) is 13.3. The molecule has 0 amide bonds. The van der Waals surface area contributed by atoms with Crippen molar-refractivity contribution in [1.29, 1.82) is 0 Å². The van der Waals surface area contributed by atoms with Crippen LogP contribution in [0.3, 0.4) is 0 Å². The highest BCUT2D eigenvalue weighted by Crippen LogP contribution is 2.15. The van der Waals surface area contributed by atoms with E-state index in [1.807, 2.05) is 0 Å². The smallest absolute Gasteiger partial charge is 0.178 e. The molecule has 0 aliphatic carbocycles. The number of hydrogen-bond acceptors (Lipinski definition) is 5. The van der Waals surface area contributed by atoms with Crippen LogP contribution in [0.2, 0.25) is 0 Å². The summed E-state index contributed by atoms with van der Waals surface area (Å²) in [4.78, 5) is 0.313. The summed E-state index contributed by atoms with van der Waals surface area (Å²) in [5.41, 5.74) is 0.764. The Kier molecular flexibility index (Phi) is 5.58. The highest BCUT2D eigenvalue weighted by Gasteiger charge is 2.10. The van der Waals surface area contributed by atoms with E-state index in [0.29, 0.717) is 11.4 Å². The molecule has 0 aromatic heterocycles. The molecule has 0 saturated heterocycles. The van der Waals surface area contributed by atoms with Crippen LogP contribution < -0.4 is 5.32 Å². The minimum Gasteiger partial charge on any atom is -0.389 e. The van der Waals surface area contributed by atoms with Crippen LogP contribution in [-0.4, -0.2) is 45.6 Å². The number of aliphatic hydroxyl groups is 1. The van der Waals surface area contributed by atoms with Gasteiger partial charge in [0.25, 0.3) is 0 Å². The van der Waals surface area contributed by atoms with E-state index in [-0.39, 0.29) is 12.4 Å². The lowest BCUT2D eigenvalue weighted by Crippen LogP contribution is -2.24. The Hall–Kier alpha value is -1.11. The Morgan fingerprint density at radius 1 is 1.33 bits per heavy atom. The van der Waals surface area contributed by atoms with Crippen LogP contribution in [0, 0.1) is 0 Å². The number of nitrogens with one attached hydrogen (secondary N) is 1. The van der Waals surface area contributed by atoms with E-state index in [0.717, 1.165) is 5.69 Å². The van der Waals surface area contributed by atoms with Gasteiger partial charge in [-0.25, -0.2) is 8.42 Å². The molecule has 6 heteroatoms. The molecule has 5 nitrogen and oxygen atoms in total. The third-order valence-corrected chi connectivity index (χ3v) is 4.24. The maximum Gasteiger partial charge on any atom is 0.178 e. The Morgan fingerprint density at radius 2 is 1.94 bits per heavy atom. The predicted octanol–water partition coefficient (Wildman–Crippen LogP) is 0.899. The second-order valence-corrected chi connectivity index (χ2v) is 6.20. The van der Waals surface area contributed by atoms with Gasteiger partial charge >= 0.3 is 0 Å². The van der Waals surface area contributed by atoms with Gasteiger partial charge in [-0.05, 0) is 24.3 Å². The average Bonchev–Trinajstić information content (AvgIpc) is 2.37.